The lowest BCUT2D eigenvalue weighted by atomic mass is 10.1. The van der Waals surface area contributed by atoms with Gasteiger partial charge in [-0.3, -0.25) is 20.3 Å². The van der Waals surface area contributed by atoms with Crippen LogP contribution in [0.4, 0.5) is 0 Å². The second-order valence-electron chi connectivity index (χ2n) is 6.07. The van der Waals surface area contributed by atoms with Gasteiger partial charge >= 0.3 is 5.97 Å². The molecule has 1 aliphatic rings. The van der Waals surface area contributed by atoms with E-state index in [9.17, 15) is 9.59 Å². The fourth-order valence-corrected chi connectivity index (χ4v) is 2.48. The summed E-state index contributed by atoms with van der Waals surface area (Å²) < 4.78 is 5.33. The van der Waals surface area contributed by atoms with Crippen LogP contribution in [0.15, 0.2) is 0 Å². The Morgan fingerprint density at radius 3 is 2.36 bits per heavy atom. The summed E-state index contributed by atoms with van der Waals surface area (Å²) in [5, 5.41) is 10.3. The van der Waals surface area contributed by atoms with E-state index in [1.54, 1.807) is 7.05 Å². The molecule has 1 aliphatic heterocycles. The molecule has 22 heavy (non-hydrogen) atoms. The van der Waals surface area contributed by atoms with E-state index >= 15 is 0 Å². The number of guanidine groups is 1. The maximum Gasteiger partial charge on any atom is 0.325 e. The smallest absolute Gasteiger partial charge is 0.325 e. The summed E-state index contributed by atoms with van der Waals surface area (Å²) in [6, 6.07) is 0. The van der Waals surface area contributed by atoms with E-state index in [1.165, 1.54) is 17.7 Å². The summed E-state index contributed by atoms with van der Waals surface area (Å²) in [6.07, 6.45) is 8.87. The Morgan fingerprint density at radius 2 is 1.68 bits per heavy atom. The van der Waals surface area contributed by atoms with Crippen LogP contribution >= 0.6 is 0 Å². The maximum absolute atomic E-state index is 11.8. The summed E-state index contributed by atoms with van der Waals surface area (Å²) in [5.74, 6) is -0.583. The SMILES string of the molecule is CC1CCCCCCCCCC(=O)NC(=N)N(C)CC(=O)O1. The zero-order valence-corrected chi connectivity index (χ0v) is 13.8. The summed E-state index contributed by atoms with van der Waals surface area (Å²) in [4.78, 5) is 24.9. The van der Waals surface area contributed by atoms with Gasteiger partial charge in [-0.25, -0.2) is 0 Å². The van der Waals surface area contributed by atoms with Gasteiger partial charge in [0.2, 0.25) is 5.91 Å². The van der Waals surface area contributed by atoms with Gasteiger partial charge in [-0.2, -0.15) is 0 Å². The first-order chi connectivity index (χ1) is 10.5. The third-order valence-corrected chi connectivity index (χ3v) is 3.85. The molecule has 1 rings (SSSR count). The number of carbonyl (C=O) groups excluding carboxylic acids is 2. The predicted octanol–water partition coefficient (Wildman–Crippen LogP) is 2.43. The Hall–Kier alpha value is -1.59. The number of nitrogens with zero attached hydrogens (tertiary/aromatic N) is 1. The van der Waals surface area contributed by atoms with Crippen molar-refractivity contribution < 1.29 is 14.3 Å². The van der Waals surface area contributed by atoms with Crippen LogP contribution in [0.25, 0.3) is 0 Å². The average Bonchev–Trinajstić information content (AvgIpc) is 2.44. The first kappa shape index (κ1) is 18.5. The molecule has 2 N–H and O–H groups in total. The minimum Gasteiger partial charge on any atom is -0.461 e. The average molecular weight is 311 g/mol. The second kappa shape index (κ2) is 10.2. The highest BCUT2D eigenvalue weighted by Gasteiger charge is 2.15. The van der Waals surface area contributed by atoms with Crippen LogP contribution in [0.1, 0.15) is 64.7 Å². The van der Waals surface area contributed by atoms with Crippen molar-refractivity contribution in [3.05, 3.63) is 0 Å². The molecule has 1 unspecified atom stereocenters. The molecule has 1 fully saturated rings. The van der Waals surface area contributed by atoms with Crippen molar-refractivity contribution in [3.63, 3.8) is 0 Å². The Morgan fingerprint density at radius 1 is 1.09 bits per heavy atom. The molecular weight excluding hydrogens is 282 g/mol. The first-order valence-electron chi connectivity index (χ1n) is 8.28. The quantitative estimate of drug-likeness (QED) is 0.673. The van der Waals surface area contributed by atoms with E-state index < -0.39 is 0 Å². The number of hydrogen-bond donors (Lipinski definition) is 2. The van der Waals surface area contributed by atoms with Crippen LogP contribution in [-0.4, -0.2) is 42.4 Å². The molecule has 1 amide bonds. The maximum atomic E-state index is 11.8. The van der Waals surface area contributed by atoms with Crippen LogP contribution in [0.5, 0.6) is 0 Å². The number of likely N-dealkylation sites (N-methyl/N-ethyl adjacent to an activating group) is 1. The van der Waals surface area contributed by atoms with E-state index in [1.807, 2.05) is 6.92 Å². The molecule has 0 spiro atoms. The molecule has 0 radical (unpaired) electrons. The Bertz CT molecular complexity index is 385. The van der Waals surface area contributed by atoms with Gasteiger partial charge in [-0.15, -0.1) is 0 Å². The topological polar surface area (TPSA) is 82.5 Å². The molecule has 0 saturated carbocycles. The van der Waals surface area contributed by atoms with Crippen molar-refractivity contribution >= 4 is 17.8 Å². The van der Waals surface area contributed by atoms with E-state index in [4.69, 9.17) is 10.1 Å². The molecule has 0 aliphatic carbocycles. The van der Waals surface area contributed by atoms with Crippen LogP contribution in [0, 0.1) is 5.41 Å². The zero-order chi connectivity index (χ0) is 16.4. The fourth-order valence-electron chi connectivity index (χ4n) is 2.48. The molecule has 0 aromatic rings. The van der Waals surface area contributed by atoms with Crippen molar-refractivity contribution in [2.75, 3.05) is 13.6 Å². The Labute approximate surface area is 133 Å². The highest BCUT2D eigenvalue weighted by molar-refractivity contribution is 5.96. The summed E-state index contributed by atoms with van der Waals surface area (Å²) in [5.41, 5.74) is 0. The van der Waals surface area contributed by atoms with E-state index in [0.717, 1.165) is 38.5 Å². The minimum absolute atomic E-state index is 0.0244. The molecule has 1 heterocycles. The predicted molar refractivity (Wildman–Crippen MR) is 85.6 cm³/mol. The highest BCUT2D eigenvalue weighted by atomic mass is 16.5. The molecule has 6 nitrogen and oxygen atoms in total. The van der Waals surface area contributed by atoms with Crippen molar-refractivity contribution in [3.8, 4) is 0 Å². The Balaban J connectivity index is 2.52. The molecule has 1 saturated heterocycles. The summed E-state index contributed by atoms with van der Waals surface area (Å²) in [7, 11) is 1.60. The number of cyclic esters (lactones) is 1. The lowest BCUT2D eigenvalue weighted by Gasteiger charge is -2.20. The largest absolute Gasteiger partial charge is 0.461 e. The molecule has 126 valence electrons. The molecule has 6 heteroatoms. The van der Waals surface area contributed by atoms with E-state index in [-0.39, 0.29) is 30.5 Å². The summed E-state index contributed by atoms with van der Waals surface area (Å²) >= 11 is 0. The number of hydrogen-bond acceptors (Lipinski definition) is 4. The van der Waals surface area contributed by atoms with Gasteiger partial charge in [-0.1, -0.05) is 32.1 Å². The van der Waals surface area contributed by atoms with Crippen LogP contribution < -0.4 is 5.32 Å². The van der Waals surface area contributed by atoms with Crippen molar-refractivity contribution in [2.24, 2.45) is 0 Å². The van der Waals surface area contributed by atoms with Gasteiger partial charge in [0.25, 0.3) is 0 Å². The molecule has 0 bridgehead atoms. The van der Waals surface area contributed by atoms with Crippen molar-refractivity contribution in [1.29, 1.82) is 5.41 Å². The third kappa shape index (κ3) is 8.00. The molecule has 0 aromatic carbocycles. The van der Waals surface area contributed by atoms with Gasteiger partial charge < -0.3 is 9.64 Å². The van der Waals surface area contributed by atoms with Gasteiger partial charge in [0.1, 0.15) is 6.54 Å². The zero-order valence-electron chi connectivity index (χ0n) is 13.8. The van der Waals surface area contributed by atoms with Crippen LogP contribution in [0.3, 0.4) is 0 Å². The van der Waals surface area contributed by atoms with Crippen LogP contribution in [-0.2, 0) is 14.3 Å². The summed E-state index contributed by atoms with van der Waals surface area (Å²) in [6.45, 7) is 1.88. The monoisotopic (exact) mass is 311 g/mol. The second-order valence-corrected chi connectivity index (χ2v) is 6.07. The lowest BCUT2D eigenvalue weighted by molar-refractivity contribution is -0.148. The number of amides is 1. The number of rotatable bonds is 0. The molecule has 0 aromatic heterocycles. The van der Waals surface area contributed by atoms with Gasteiger partial charge in [0.15, 0.2) is 5.96 Å². The first-order valence-corrected chi connectivity index (χ1v) is 8.28. The fraction of sp³-hybridized carbons (Fsp3) is 0.812. The highest BCUT2D eigenvalue weighted by Crippen LogP contribution is 2.12. The van der Waals surface area contributed by atoms with E-state index in [0.29, 0.717) is 6.42 Å². The number of carbonyl (C=O) groups is 2. The molecular formula is C16H29N3O3. The van der Waals surface area contributed by atoms with Crippen molar-refractivity contribution in [1.82, 2.24) is 10.2 Å². The van der Waals surface area contributed by atoms with E-state index in [2.05, 4.69) is 5.32 Å². The van der Waals surface area contributed by atoms with Gasteiger partial charge in [0.05, 0.1) is 6.10 Å². The van der Waals surface area contributed by atoms with Gasteiger partial charge in [-0.05, 0) is 26.2 Å². The van der Waals surface area contributed by atoms with Gasteiger partial charge in [0, 0.05) is 13.5 Å². The standard InChI is InChI=1S/C16H29N3O3/c1-13-10-8-6-4-3-5-7-9-11-14(20)18-16(17)19(2)12-15(21)22-13/h13H,3-12H2,1-2H3,(H2,17,18,20). The number of esters is 1. The molecule has 1 atom stereocenters. The number of nitrogens with one attached hydrogen (secondary N) is 2. The van der Waals surface area contributed by atoms with Crippen molar-refractivity contribution in [2.45, 2.75) is 70.8 Å². The number of ether oxygens (including phenoxy) is 1. The van der Waals surface area contributed by atoms with Crippen LogP contribution in [0.2, 0.25) is 0 Å². The minimum atomic E-state index is -0.363. The third-order valence-electron chi connectivity index (χ3n) is 3.85. The normalized spacial score (nSPS) is 24.4. The lowest BCUT2D eigenvalue weighted by Crippen LogP contribution is -2.44. The Kier molecular flexibility index (Phi) is 8.55.